The average Bonchev–Trinajstić information content (AvgIpc) is 3.18. The number of rotatable bonds is 5. The van der Waals surface area contributed by atoms with Crippen LogP contribution < -0.4 is 5.32 Å². The Labute approximate surface area is 153 Å². The lowest BCUT2D eigenvalue weighted by molar-refractivity contribution is -0.113. The SMILES string of the molecule is Cc1ccc(NC(=O)CSc2nnc(-c3cccs3)n2C)c(Cl)c1. The van der Waals surface area contributed by atoms with E-state index in [9.17, 15) is 4.79 Å². The Kier molecular flexibility index (Phi) is 5.23. The van der Waals surface area contributed by atoms with Crippen molar-refractivity contribution < 1.29 is 4.79 Å². The highest BCUT2D eigenvalue weighted by molar-refractivity contribution is 7.99. The van der Waals surface area contributed by atoms with E-state index in [0.29, 0.717) is 15.9 Å². The van der Waals surface area contributed by atoms with E-state index in [0.717, 1.165) is 16.3 Å². The minimum Gasteiger partial charge on any atom is -0.324 e. The molecule has 8 heteroatoms. The van der Waals surface area contributed by atoms with Crippen molar-refractivity contribution in [2.45, 2.75) is 12.1 Å². The molecule has 2 heterocycles. The molecule has 0 atom stereocenters. The Morgan fingerprint density at radius 2 is 2.21 bits per heavy atom. The van der Waals surface area contributed by atoms with Crippen molar-refractivity contribution in [1.29, 1.82) is 0 Å². The molecule has 0 fully saturated rings. The molecule has 0 radical (unpaired) electrons. The summed E-state index contributed by atoms with van der Waals surface area (Å²) in [6.45, 7) is 1.95. The van der Waals surface area contributed by atoms with Crippen LogP contribution >= 0.6 is 34.7 Å². The Morgan fingerprint density at radius 3 is 2.92 bits per heavy atom. The molecule has 0 spiro atoms. The number of nitrogens with one attached hydrogen (secondary N) is 1. The van der Waals surface area contributed by atoms with Gasteiger partial charge in [-0.05, 0) is 36.1 Å². The largest absolute Gasteiger partial charge is 0.324 e. The maximum Gasteiger partial charge on any atom is 0.234 e. The number of amides is 1. The average molecular weight is 379 g/mol. The van der Waals surface area contributed by atoms with Gasteiger partial charge in [0, 0.05) is 7.05 Å². The van der Waals surface area contributed by atoms with Crippen molar-refractivity contribution in [3.05, 3.63) is 46.3 Å². The van der Waals surface area contributed by atoms with Crippen molar-refractivity contribution in [2.75, 3.05) is 11.1 Å². The number of hydrogen-bond acceptors (Lipinski definition) is 5. The van der Waals surface area contributed by atoms with Crippen LogP contribution in [-0.4, -0.2) is 26.4 Å². The molecular formula is C16H15ClN4OS2. The molecule has 3 aromatic rings. The van der Waals surface area contributed by atoms with Gasteiger partial charge in [0.05, 0.1) is 21.3 Å². The second-order valence-corrected chi connectivity index (χ2v) is 7.46. The van der Waals surface area contributed by atoms with Crippen LogP contribution in [0.1, 0.15) is 5.56 Å². The minimum absolute atomic E-state index is 0.133. The second kappa shape index (κ2) is 7.38. The van der Waals surface area contributed by atoms with Crippen molar-refractivity contribution >= 4 is 46.3 Å². The fraction of sp³-hybridized carbons (Fsp3) is 0.188. The van der Waals surface area contributed by atoms with Crippen molar-refractivity contribution in [3.8, 4) is 10.7 Å². The number of aromatic nitrogens is 3. The molecule has 3 rings (SSSR count). The lowest BCUT2D eigenvalue weighted by atomic mass is 10.2. The third kappa shape index (κ3) is 3.80. The van der Waals surface area contributed by atoms with Gasteiger partial charge in [0.1, 0.15) is 0 Å². The van der Waals surface area contributed by atoms with Crippen molar-refractivity contribution in [2.24, 2.45) is 7.05 Å². The quantitative estimate of drug-likeness (QED) is 0.675. The number of thiophene rings is 1. The first-order chi connectivity index (χ1) is 11.5. The molecule has 0 saturated carbocycles. The number of anilines is 1. The Balaban J connectivity index is 1.62. The first-order valence-corrected chi connectivity index (χ1v) is 9.41. The van der Waals surface area contributed by atoms with Crippen molar-refractivity contribution in [3.63, 3.8) is 0 Å². The Hall–Kier alpha value is -1.83. The number of aryl methyl sites for hydroxylation is 1. The van der Waals surface area contributed by atoms with Crippen LogP contribution in [0, 0.1) is 6.92 Å². The fourth-order valence-corrected chi connectivity index (χ4v) is 3.84. The van der Waals surface area contributed by atoms with E-state index in [1.54, 1.807) is 17.4 Å². The molecule has 24 heavy (non-hydrogen) atoms. The number of thioether (sulfide) groups is 1. The lowest BCUT2D eigenvalue weighted by Gasteiger charge is -2.07. The van der Waals surface area contributed by atoms with Gasteiger partial charge in [-0.25, -0.2) is 0 Å². The van der Waals surface area contributed by atoms with Gasteiger partial charge in [-0.1, -0.05) is 35.5 Å². The summed E-state index contributed by atoms with van der Waals surface area (Å²) in [5.74, 6) is 0.904. The van der Waals surface area contributed by atoms with E-state index >= 15 is 0 Å². The summed E-state index contributed by atoms with van der Waals surface area (Å²) < 4.78 is 1.89. The number of nitrogens with zero attached hydrogens (tertiary/aromatic N) is 3. The summed E-state index contributed by atoms with van der Waals surface area (Å²) >= 11 is 9.08. The maximum absolute atomic E-state index is 12.1. The van der Waals surface area contributed by atoms with E-state index in [4.69, 9.17) is 11.6 Å². The van der Waals surface area contributed by atoms with Gasteiger partial charge in [0.15, 0.2) is 11.0 Å². The summed E-state index contributed by atoms with van der Waals surface area (Å²) in [5.41, 5.74) is 1.66. The standard InChI is InChI=1S/C16H15ClN4OS2/c1-10-5-6-12(11(17)8-10)18-14(22)9-24-16-20-19-15(21(16)2)13-4-3-7-23-13/h3-8H,9H2,1-2H3,(H,18,22). The van der Waals surface area contributed by atoms with Gasteiger partial charge < -0.3 is 9.88 Å². The van der Waals surface area contributed by atoms with E-state index in [2.05, 4.69) is 15.5 Å². The summed E-state index contributed by atoms with van der Waals surface area (Å²) in [4.78, 5) is 13.2. The van der Waals surface area contributed by atoms with Gasteiger partial charge in [-0.15, -0.1) is 21.5 Å². The van der Waals surface area contributed by atoms with Crippen LogP contribution in [0.15, 0.2) is 40.9 Å². The molecule has 1 amide bonds. The van der Waals surface area contributed by atoms with Crippen molar-refractivity contribution in [1.82, 2.24) is 14.8 Å². The molecule has 1 N–H and O–H groups in total. The highest BCUT2D eigenvalue weighted by Crippen LogP contribution is 2.26. The van der Waals surface area contributed by atoms with Crippen LogP contribution in [0.2, 0.25) is 5.02 Å². The van der Waals surface area contributed by atoms with Gasteiger partial charge in [0.2, 0.25) is 5.91 Å². The van der Waals surface area contributed by atoms with Crippen LogP contribution in [-0.2, 0) is 11.8 Å². The maximum atomic E-state index is 12.1. The first kappa shape index (κ1) is 17.0. The molecule has 5 nitrogen and oxygen atoms in total. The Morgan fingerprint density at radius 1 is 1.38 bits per heavy atom. The highest BCUT2D eigenvalue weighted by atomic mass is 35.5. The van der Waals surface area contributed by atoms with E-state index in [-0.39, 0.29) is 11.7 Å². The third-order valence-electron chi connectivity index (χ3n) is 3.31. The number of carbonyl (C=O) groups excluding carboxylic acids is 1. The summed E-state index contributed by atoms with van der Waals surface area (Å²) in [6, 6.07) is 9.50. The monoisotopic (exact) mass is 378 g/mol. The van der Waals surface area contributed by atoms with Gasteiger partial charge in [0.25, 0.3) is 0 Å². The van der Waals surface area contributed by atoms with Crippen LogP contribution in [0.3, 0.4) is 0 Å². The molecular weight excluding hydrogens is 364 g/mol. The minimum atomic E-state index is -0.133. The molecule has 1 aromatic carbocycles. The predicted octanol–water partition coefficient (Wildman–Crippen LogP) is 4.24. The zero-order valence-corrected chi connectivity index (χ0v) is 15.5. The lowest BCUT2D eigenvalue weighted by Crippen LogP contribution is -2.14. The third-order valence-corrected chi connectivity index (χ3v) is 5.51. The Bertz CT molecular complexity index is 861. The fourth-order valence-electron chi connectivity index (χ4n) is 2.10. The van der Waals surface area contributed by atoms with Crippen LogP contribution in [0.5, 0.6) is 0 Å². The van der Waals surface area contributed by atoms with E-state index < -0.39 is 0 Å². The topological polar surface area (TPSA) is 59.8 Å². The van der Waals surface area contributed by atoms with Gasteiger partial charge in [-0.2, -0.15) is 0 Å². The number of hydrogen-bond donors (Lipinski definition) is 1. The molecule has 0 aliphatic carbocycles. The molecule has 0 aliphatic heterocycles. The van der Waals surface area contributed by atoms with Gasteiger partial charge >= 0.3 is 0 Å². The predicted molar refractivity (Wildman–Crippen MR) is 99.9 cm³/mol. The number of benzene rings is 1. The van der Waals surface area contributed by atoms with Crippen LogP contribution in [0.25, 0.3) is 10.7 Å². The molecule has 0 bridgehead atoms. The van der Waals surface area contributed by atoms with E-state index in [1.165, 1.54) is 11.8 Å². The zero-order valence-electron chi connectivity index (χ0n) is 13.1. The summed E-state index contributed by atoms with van der Waals surface area (Å²) in [7, 11) is 1.89. The highest BCUT2D eigenvalue weighted by Gasteiger charge is 2.14. The summed E-state index contributed by atoms with van der Waals surface area (Å²) in [5, 5.41) is 14.4. The number of halogens is 1. The molecule has 0 unspecified atom stereocenters. The normalized spacial score (nSPS) is 10.8. The van der Waals surface area contributed by atoms with Crippen LogP contribution in [0.4, 0.5) is 5.69 Å². The first-order valence-electron chi connectivity index (χ1n) is 7.16. The van der Waals surface area contributed by atoms with Gasteiger partial charge in [-0.3, -0.25) is 4.79 Å². The summed E-state index contributed by atoms with van der Waals surface area (Å²) in [6.07, 6.45) is 0. The molecule has 124 valence electrons. The molecule has 2 aromatic heterocycles. The molecule has 0 saturated heterocycles. The zero-order chi connectivity index (χ0) is 17.1. The van der Waals surface area contributed by atoms with E-state index in [1.807, 2.05) is 48.2 Å². The number of carbonyl (C=O) groups is 1. The molecule has 0 aliphatic rings. The smallest absolute Gasteiger partial charge is 0.234 e. The second-order valence-electron chi connectivity index (χ2n) is 5.16.